The number of ether oxygens (including phenoxy) is 4. The molecule has 1 N–H and O–H groups in total. The molecule has 5 nitrogen and oxygen atoms in total. The first-order valence-corrected chi connectivity index (χ1v) is 8.86. The lowest BCUT2D eigenvalue weighted by Gasteiger charge is -2.44. The largest absolute Gasteiger partial charge is 0.392 e. The Bertz CT molecular complexity index is 329. The molecule has 0 aromatic heterocycles. The Morgan fingerprint density at radius 3 is 2.43 bits per heavy atom. The Labute approximate surface area is 140 Å². The van der Waals surface area contributed by atoms with Crippen molar-refractivity contribution in [2.24, 2.45) is 0 Å². The monoisotopic (exact) mass is 330 g/mol. The van der Waals surface area contributed by atoms with E-state index in [0.717, 1.165) is 32.3 Å². The highest BCUT2D eigenvalue weighted by atomic mass is 16.7. The number of aliphatic hydroxyl groups is 1. The van der Waals surface area contributed by atoms with Gasteiger partial charge in [-0.2, -0.15) is 0 Å². The van der Waals surface area contributed by atoms with Crippen molar-refractivity contribution >= 4 is 0 Å². The molecule has 0 unspecified atom stereocenters. The molecule has 1 saturated heterocycles. The minimum Gasteiger partial charge on any atom is -0.392 e. The fraction of sp³-hybridized carbons (Fsp3) is 0.889. The van der Waals surface area contributed by atoms with Gasteiger partial charge < -0.3 is 24.1 Å². The fourth-order valence-electron chi connectivity index (χ4n) is 2.55. The van der Waals surface area contributed by atoms with Crippen molar-refractivity contribution in [1.82, 2.24) is 0 Å². The topological polar surface area (TPSA) is 57.2 Å². The highest BCUT2D eigenvalue weighted by Crippen LogP contribution is 2.30. The molecule has 0 bridgehead atoms. The molecule has 1 rings (SSSR count). The van der Waals surface area contributed by atoms with Gasteiger partial charge in [-0.15, -0.1) is 0 Å². The summed E-state index contributed by atoms with van der Waals surface area (Å²) in [6.07, 6.45) is 7.13. The third-order valence-corrected chi connectivity index (χ3v) is 3.71. The van der Waals surface area contributed by atoms with Crippen molar-refractivity contribution in [3.63, 3.8) is 0 Å². The lowest BCUT2D eigenvalue weighted by atomic mass is 10.0. The maximum atomic E-state index is 9.05. The van der Waals surface area contributed by atoms with Gasteiger partial charge in [-0.3, -0.25) is 0 Å². The van der Waals surface area contributed by atoms with E-state index in [1.54, 1.807) is 6.08 Å². The summed E-state index contributed by atoms with van der Waals surface area (Å²) in [5.41, 5.74) is 0. The summed E-state index contributed by atoms with van der Waals surface area (Å²) in [7, 11) is 0. The second-order valence-corrected chi connectivity index (χ2v) is 6.37. The van der Waals surface area contributed by atoms with Gasteiger partial charge in [-0.25, -0.2) is 0 Å². The summed E-state index contributed by atoms with van der Waals surface area (Å²) in [6.45, 7) is 9.95. The Morgan fingerprint density at radius 1 is 1.09 bits per heavy atom. The lowest BCUT2D eigenvalue weighted by Crippen LogP contribution is -2.56. The highest BCUT2D eigenvalue weighted by molar-refractivity contribution is 5.00. The number of unbranched alkanes of at least 4 members (excludes halogenated alkanes) is 2. The Morgan fingerprint density at radius 2 is 1.78 bits per heavy atom. The van der Waals surface area contributed by atoms with Crippen molar-refractivity contribution in [2.45, 2.75) is 77.5 Å². The maximum absolute atomic E-state index is 9.05. The molecule has 0 saturated carbocycles. The highest BCUT2D eigenvalue weighted by Gasteiger charge is 2.43. The molecular formula is C18H34O5. The average Bonchev–Trinajstić information content (AvgIpc) is 2.51. The van der Waals surface area contributed by atoms with E-state index in [1.807, 2.05) is 19.9 Å². The Balaban J connectivity index is 2.73. The molecule has 1 aliphatic heterocycles. The van der Waals surface area contributed by atoms with Crippen LogP contribution in [0.5, 0.6) is 0 Å². The lowest BCUT2D eigenvalue weighted by molar-refractivity contribution is -0.334. The van der Waals surface area contributed by atoms with Gasteiger partial charge in [0.2, 0.25) is 0 Å². The van der Waals surface area contributed by atoms with Gasteiger partial charge in [-0.1, -0.05) is 38.8 Å². The number of hydrogen-bond acceptors (Lipinski definition) is 5. The normalized spacial score (nSPS) is 27.6. The second-order valence-electron chi connectivity index (χ2n) is 6.37. The van der Waals surface area contributed by atoms with E-state index >= 15 is 0 Å². The molecule has 1 fully saturated rings. The molecular weight excluding hydrogens is 296 g/mol. The molecule has 0 amide bonds. The fourth-order valence-corrected chi connectivity index (χ4v) is 2.55. The summed E-state index contributed by atoms with van der Waals surface area (Å²) in [5.74, 6) is -0.701. The number of aliphatic hydroxyl groups excluding tert-OH is 1. The second kappa shape index (κ2) is 11.2. The predicted molar refractivity (Wildman–Crippen MR) is 90.4 cm³/mol. The van der Waals surface area contributed by atoms with Crippen molar-refractivity contribution in [3.05, 3.63) is 12.2 Å². The third kappa shape index (κ3) is 7.77. The molecule has 1 heterocycles. The van der Waals surface area contributed by atoms with Crippen LogP contribution >= 0.6 is 0 Å². The molecule has 0 aromatic carbocycles. The summed E-state index contributed by atoms with van der Waals surface area (Å²) in [5, 5.41) is 9.05. The van der Waals surface area contributed by atoms with E-state index in [1.165, 1.54) is 0 Å². The maximum Gasteiger partial charge on any atom is 0.164 e. The standard InChI is InChI=1S/C18H34O5/c1-5-7-12-20-14-16-17(21-13-8-6-2)15(10-9-11-19)22-18(3,4)23-16/h9-10,15-17,19H,5-8,11-14H2,1-4H3/b10-9+/t15-,16+,17-/m0/s1. The van der Waals surface area contributed by atoms with Gasteiger partial charge >= 0.3 is 0 Å². The number of hydrogen-bond donors (Lipinski definition) is 1. The van der Waals surface area contributed by atoms with Crippen LogP contribution in [0, 0.1) is 0 Å². The molecule has 1 aliphatic rings. The first-order valence-electron chi connectivity index (χ1n) is 8.86. The van der Waals surface area contributed by atoms with Crippen LogP contribution in [0.3, 0.4) is 0 Å². The summed E-state index contributed by atoms with van der Waals surface area (Å²) in [6, 6.07) is 0. The third-order valence-electron chi connectivity index (χ3n) is 3.71. The number of rotatable bonds is 11. The van der Waals surface area contributed by atoms with Crippen LogP contribution in [0.4, 0.5) is 0 Å². The Hall–Kier alpha value is -0.460. The van der Waals surface area contributed by atoms with E-state index in [-0.39, 0.29) is 24.9 Å². The summed E-state index contributed by atoms with van der Waals surface area (Å²) < 4.78 is 23.8. The van der Waals surface area contributed by atoms with Gasteiger partial charge in [0.05, 0.1) is 13.2 Å². The van der Waals surface area contributed by atoms with E-state index < -0.39 is 5.79 Å². The van der Waals surface area contributed by atoms with E-state index in [0.29, 0.717) is 13.2 Å². The minimum atomic E-state index is -0.701. The van der Waals surface area contributed by atoms with Gasteiger partial charge in [0.15, 0.2) is 5.79 Å². The van der Waals surface area contributed by atoms with Gasteiger partial charge in [0.1, 0.15) is 18.3 Å². The predicted octanol–water partition coefficient (Wildman–Crippen LogP) is 3.06. The summed E-state index contributed by atoms with van der Waals surface area (Å²) >= 11 is 0. The molecule has 5 heteroatoms. The molecule has 0 aliphatic carbocycles. The van der Waals surface area contributed by atoms with E-state index in [9.17, 15) is 0 Å². The van der Waals surface area contributed by atoms with Crippen molar-refractivity contribution in [3.8, 4) is 0 Å². The zero-order valence-corrected chi connectivity index (χ0v) is 15.1. The van der Waals surface area contributed by atoms with Crippen LogP contribution in [0.1, 0.15) is 53.4 Å². The van der Waals surface area contributed by atoms with Gasteiger partial charge in [0, 0.05) is 13.2 Å². The van der Waals surface area contributed by atoms with Crippen molar-refractivity contribution < 1.29 is 24.1 Å². The molecule has 3 atom stereocenters. The van der Waals surface area contributed by atoms with Gasteiger partial charge in [-0.05, 0) is 26.7 Å². The molecule has 0 spiro atoms. The Kier molecular flexibility index (Phi) is 9.99. The van der Waals surface area contributed by atoms with Crippen molar-refractivity contribution in [1.29, 1.82) is 0 Å². The van der Waals surface area contributed by atoms with Crippen LogP contribution < -0.4 is 0 Å². The average molecular weight is 330 g/mol. The van der Waals surface area contributed by atoms with Crippen LogP contribution in [-0.2, 0) is 18.9 Å². The van der Waals surface area contributed by atoms with Crippen LogP contribution in [-0.4, -0.2) is 55.6 Å². The minimum absolute atomic E-state index is 0.0134. The molecule has 0 radical (unpaired) electrons. The van der Waals surface area contributed by atoms with Crippen LogP contribution in [0.25, 0.3) is 0 Å². The van der Waals surface area contributed by atoms with Crippen molar-refractivity contribution in [2.75, 3.05) is 26.4 Å². The van der Waals surface area contributed by atoms with E-state index in [4.69, 9.17) is 24.1 Å². The van der Waals surface area contributed by atoms with Crippen LogP contribution in [0.2, 0.25) is 0 Å². The SMILES string of the molecule is CCCCOC[C@H]1OC(C)(C)O[C@@H](/C=C/CO)[C@@H]1OCCCC. The van der Waals surface area contributed by atoms with Gasteiger partial charge in [0.25, 0.3) is 0 Å². The zero-order valence-electron chi connectivity index (χ0n) is 15.1. The molecule has 136 valence electrons. The first-order chi connectivity index (χ1) is 11.0. The summed E-state index contributed by atoms with van der Waals surface area (Å²) in [4.78, 5) is 0. The molecule has 23 heavy (non-hydrogen) atoms. The molecule has 0 aromatic rings. The van der Waals surface area contributed by atoms with E-state index in [2.05, 4.69) is 13.8 Å². The van der Waals surface area contributed by atoms with Crippen LogP contribution in [0.15, 0.2) is 12.2 Å². The smallest absolute Gasteiger partial charge is 0.164 e. The zero-order chi connectivity index (χ0) is 17.1. The first kappa shape index (κ1) is 20.6. The quantitative estimate of drug-likeness (QED) is 0.466.